The van der Waals surface area contributed by atoms with Crippen molar-refractivity contribution in [3.63, 3.8) is 0 Å². The number of hydrogen-bond acceptors (Lipinski definition) is 4. The Morgan fingerprint density at radius 1 is 1.14 bits per heavy atom. The number of rotatable bonds is 2. The normalized spacial score (nSPS) is 11.8. The van der Waals surface area contributed by atoms with Crippen LogP contribution >= 0.6 is 0 Å². The summed E-state index contributed by atoms with van der Waals surface area (Å²) in [5.74, 6) is 0.583. The summed E-state index contributed by atoms with van der Waals surface area (Å²) in [6.45, 7) is 3.68. The SMILES string of the molecule is CC(=Nc1cccc(C)n1)c1cc2ccccc2oc1=O. The van der Waals surface area contributed by atoms with Crippen LogP contribution in [0.25, 0.3) is 11.0 Å². The van der Waals surface area contributed by atoms with Crippen molar-refractivity contribution in [2.75, 3.05) is 0 Å². The number of benzene rings is 1. The van der Waals surface area contributed by atoms with Crippen molar-refractivity contribution in [3.05, 3.63) is 70.2 Å². The van der Waals surface area contributed by atoms with Gasteiger partial charge in [-0.25, -0.2) is 14.8 Å². The van der Waals surface area contributed by atoms with Crippen molar-refractivity contribution in [1.29, 1.82) is 0 Å². The zero-order valence-electron chi connectivity index (χ0n) is 11.8. The fourth-order valence-corrected chi connectivity index (χ4v) is 2.14. The van der Waals surface area contributed by atoms with E-state index in [1.165, 1.54) is 0 Å². The Labute approximate surface area is 121 Å². The molecule has 0 fully saturated rings. The molecule has 0 unspecified atom stereocenters. The number of fused-ring (bicyclic) bond motifs is 1. The second-order valence-electron chi connectivity index (χ2n) is 4.82. The Kier molecular flexibility index (Phi) is 3.36. The highest BCUT2D eigenvalue weighted by molar-refractivity contribution is 6.01. The summed E-state index contributed by atoms with van der Waals surface area (Å²) in [7, 11) is 0. The molecular weight excluding hydrogens is 264 g/mol. The van der Waals surface area contributed by atoms with E-state index in [2.05, 4.69) is 9.98 Å². The molecule has 0 saturated heterocycles. The summed E-state index contributed by atoms with van der Waals surface area (Å²) in [5.41, 5.74) is 2.12. The maximum atomic E-state index is 12.1. The third-order valence-corrected chi connectivity index (χ3v) is 3.19. The minimum absolute atomic E-state index is 0.386. The first kappa shape index (κ1) is 13.2. The quantitative estimate of drug-likeness (QED) is 0.531. The van der Waals surface area contributed by atoms with Crippen LogP contribution in [0.2, 0.25) is 0 Å². The van der Waals surface area contributed by atoms with Gasteiger partial charge in [0.1, 0.15) is 5.58 Å². The highest BCUT2D eigenvalue weighted by Crippen LogP contribution is 2.15. The third kappa shape index (κ3) is 2.74. The predicted molar refractivity (Wildman–Crippen MR) is 83.3 cm³/mol. The molecule has 0 radical (unpaired) electrons. The van der Waals surface area contributed by atoms with Crippen molar-refractivity contribution in [2.45, 2.75) is 13.8 Å². The molecule has 104 valence electrons. The van der Waals surface area contributed by atoms with Crippen LogP contribution in [0.5, 0.6) is 0 Å². The maximum Gasteiger partial charge on any atom is 0.345 e. The van der Waals surface area contributed by atoms with Gasteiger partial charge in [-0.3, -0.25) is 0 Å². The number of para-hydroxylation sites is 1. The summed E-state index contributed by atoms with van der Waals surface area (Å²) < 4.78 is 5.32. The lowest BCUT2D eigenvalue weighted by molar-refractivity contribution is 0.559. The first-order valence-corrected chi connectivity index (χ1v) is 6.66. The van der Waals surface area contributed by atoms with E-state index in [1.807, 2.05) is 37.3 Å². The van der Waals surface area contributed by atoms with Gasteiger partial charge in [-0.15, -0.1) is 0 Å². The number of aromatic nitrogens is 1. The highest BCUT2D eigenvalue weighted by Gasteiger charge is 2.08. The van der Waals surface area contributed by atoms with Crippen LogP contribution < -0.4 is 5.63 Å². The van der Waals surface area contributed by atoms with E-state index in [-0.39, 0.29) is 5.63 Å². The van der Waals surface area contributed by atoms with Crippen LogP contribution in [-0.4, -0.2) is 10.7 Å². The Bertz CT molecular complexity index is 894. The molecule has 0 N–H and O–H groups in total. The van der Waals surface area contributed by atoms with Gasteiger partial charge in [0, 0.05) is 11.1 Å². The topological polar surface area (TPSA) is 55.5 Å². The predicted octanol–water partition coefficient (Wildman–Crippen LogP) is 3.64. The smallest absolute Gasteiger partial charge is 0.345 e. The number of aliphatic imine (C=N–C) groups is 1. The lowest BCUT2D eigenvalue weighted by Crippen LogP contribution is -2.11. The maximum absolute atomic E-state index is 12.1. The van der Waals surface area contributed by atoms with Gasteiger partial charge in [0.2, 0.25) is 0 Å². The van der Waals surface area contributed by atoms with E-state index >= 15 is 0 Å². The fourth-order valence-electron chi connectivity index (χ4n) is 2.14. The third-order valence-electron chi connectivity index (χ3n) is 3.19. The Hall–Kier alpha value is -2.75. The number of aryl methyl sites for hydroxylation is 1. The van der Waals surface area contributed by atoms with Crippen molar-refractivity contribution in [3.8, 4) is 0 Å². The van der Waals surface area contributed by atoms with Gasteiger partial charge in [0.25, 0.3) is 0 Å². The molecule has 0 aliphatic carbocycles. The zero-order valence-corrected chi connectivity index (χ0v) is 11.8. The molecule has 0 spiro atoms. The van der Waals surface area contributed by atoms with Crippen molar-refractivity contribution in [1.82, 2.24) is 4.98 Å². The van der Waals surface area contributed by atoms with Gasteiger partial charge in [0.15, 0.2) is 5.82 Å². The average Bonchev–Trinajstić information content (AvgIpc) is 2.46. The van der Waals surface area contributed by atoms with Crippen LogP contribution in [0.15, 0.2) is 62.7 Å². The van der Waals surface area contributed by atoms with Gasteiger partial charge < -0.3 is 4.42 Å². The van der Waals surface area contributed by atoms with Crippen LogP contribution in [0.3, 0.4) is 0 Å². The molecule has 2 heterocycles. The number of nitrogens with zero attached hydrogens (tertiary/aromatic N) is 2. The summed E-state index contributed by atoms with van der Waals surface area (Å²) >= 11 is 0. The molecule has 3 rings (SSSR count). The van der Waals surface area contributed by atoms with Crippen LogP contribution in [-0.2, 0) is 0 Å². The largest absolute Gasteiger partial charge is 0.422 e. The van der Waals surface area contributed by atoms with Crippen LogP contribution in [0, 0.1) is 6.92 Å². The zero-order chi connectivity index (χ0) is 14.8. The number of pyridine rings is 1. The highest BCUT2D eigenvalue weighted by atomic mass is 16.4. The fraction of sp³-hybridized carbons (Fsp3) is 0.118. The molecule has 0 aliphatic rings. The first-order valence-electron chi connectivity index (χ1n) is 6.66. The van der Waals surface area contributed by atoms with E-state index < -0.39 is 0 Å². The van der Waals surface area contributed by atoms with E-state index in [0.29, 0.717) is 22.7 Å². The molecule has 1 aromatic carbocycles. The van der Waals surface area contributed by atoms with Crippen LogP contribution in [0.1, 0.15) is 18.2 Å². The van der Waals surface area contributed by atoms with Gasteiger partial charge in [-0.2, -0.15) is 0 Å². The lowest BCUT2D eigenvalue weighted by Gasteiger charge is -2.02. The van der Waals surface area contributed by atoms with E-state index in [1.54, 1.807) is 25.1 Å². The van der Waals surface area contributed by atoms with Gasteiger partial charge in [-0.1, -0.05) is 24.3 Å². The van der Waals surface area contributed by atoms with E-state index in [9.17, 15) is 4.79 Å². The standard InChI is InChI=1S/C17H14N2O2/c1-11-6-5-9-16(18-11)19-12(2)14-10-13-7-3-4-8-15(13)21-17(14)20/h3-10H,1-2H3. The van der Waals surface area contributed by atoms with E-state index in [4.69, 9.17) is 4.42 Å². The Morgan fingerprint density at radius 3 is 2.76 bits per heavy atom. The monoisotopic (exact) mass is 278 g/mol. The van der Waals surface area contributed by atoms with Gasteiger partial charge in [0.05, 0.1) is 11.3 Å². The Balaban J connectivity index is 2.11. The van der Waals surface area contributed by atoms with Crippen LogP contribution in [0.4, 0.5) is 5.82 Å². The molecular formula is C17H14N2O2. The molecule has 0 saturated carbocycles. The molecule has 0 aliphatic heterocycles. The summed E-state index contributed by atoms with van der Waals surface area (Å²) in [6.07, 6.45) is 0. The molecule has 3 aromatic rings. The molecule has 4 nitrogen and oxygen atoms in total. The lowest BCUT2D eigenvalue weighted by atomic mass is 10.1. The molecule has 2 aromatic heterocycles. The molecule has 4 heteroatoms. The van der Waals surface area contributed by atoms with Crippen molar-refractivity contribution >= 4 is 22.5 Å². The van der Waals surface area contributed by atoms with Crippen molar-refractivity contribution in [2.24, 2.45) is 4.99 Å². The molecule has 21 heavy (non-hydrogen) atoms. The van der Waals surface area contributed by atoms with E-state index in [0.717, 1.165) is 11.1 Å². The molecule has 0 atom stereocenters. The second kappa shape index (κ2) is 5.32. The minimum Gasteiger partial charge on any atom is -0.422 e. The molecule has 0 bridgehead atoms. The average molecular weight is 278 g/mol. The second-order valence-corrected chi connectivity index (χ2v) is 4.82. The molecule has 0 amide bonds. The Morgan fingerprint density at radius 2 is 1.95 bits per heavy atom. The van der Waals surface area contributed by atoms with Gasteiger partial charge >= 0.3 is 5.63 Å². The van der Waals surface area contributed by atoms with Crippen molar-refractivity contribution < 1.29 is 4.42 Å². The summed E-state index contributed by atoms with van der Waals surface area (Å²) in [6, 6.07) is 14.8. The van der Waals surface area contributed by atoms with Gasteiger partial charge in [-0.05, 0) is 38.1 Å². The first-order chi connectivity index (χ1) is 10.1. The summed E-state index contributed by atoms with van der Waals surface area (Å²) in [5, 5.41) is 0.874. The summed E-state index contributed by atoms with van der Waals surface area (Å²) in [4.78, 5) is 20.8. The minimum atomic E-state index is -0.386. The number of hydrogen-bond donors (Lipinski definition) is 0.